The normalized spacial score (nSPS) is 18.2. The molecule has 3 N–H and O–H groups in total. The number of ether oxygens (including phenoxy) is 2. The van der Waals surface area contributed by atoms with Gasteiger partial charge < -0.3 is 20.3 Å². The summed E-state index contributed by atoms with van der Waals surface area (Å²) in [5.41, 5.74) is 5.14. The van der Waals surface area contributed by atoms with Crippen LogP contribution in [0, 0.1) is 0 Å². The van der Waals surface area contributed by atoms with Crippen molar-refractivity contribution < 1.29 is 14.6 Å². The molecular formula is C12H27NO3. The average molecular weight is 233 g/mol. The van der Waals surface area contributed by atoms with Crippen LogP contribution in [0.5, 0.6) is 0 Å². The molecule has 0 aliphatic carbocycles. The number of hydrogen-bond acceptors (Lipinski definition) is 4. The predicted molar refractivity (Wildman–Crippen MR) is 65.4 cm³/mol. The monoisotopic (exact) mass is 233 g/mol. The SMILES string of the molecule is CC(CC(C)(N)CO)OCCOC(C)(C)C. The van der Waals surface area contributed by atoms with Crippen LogP contribution in [0.4, 0.5) is 0 Å². The van der Waals surface area contributed by atoms with E-state index < -0.39 is 5.54 Å². The molecule has 0 bridgehead atoms. The summed E-state index contributed by atoms with van der Waals surface area (Å²) >= 11 is 0. The second-order valence-electron chi connectivity index (χ2n) is 5.66. The molecular weight excluding hydrogens is 206 g/mol. The zero-order valence-corrected chi connectivity index (χ0v) is 11.2. The summed E-state index contributed by atoms with van der Waals surface area (Å²) in [6.07, 6.45) is 0.671. The molecule has 0 amide bonds. The molecule has 2 unspecified atom stereocenters. The Morgan fingerprint density at radius 2 is 1.75 bits per heavy atom. The molecule has 4 nitrogen and oxygen atoms in total. The third-order valence-electron chi connectivity index (χ3n) is 2.14. The smallest absolute Gasteiger partial charge is 0.0707 e. The van der Waals surface area contributed by atoms with Crippen LogP contribution in [-0.2, 0) is 9.47 Å². The fourth-order valence-corrected chi connectivity index (χ4v) is 1.38. The van der Waals surface area contributed by atoms with Crippen LogP contribution in [0.15, 0.2) is 0 Å². The molecule has 0 fully saturated rings. The average Bonchev–Trinajstić information content (AvgIpc) is 2.10. The minimum atomic E-state index is -0.565. The highest BCUT2D eigenvalue weighted by molar-refractivity contribution is 4.79. The maximum absolute atomic E-state index is 9.02. The fraction of sp³-hybridized carbons (Fsp3) is 1.00. The molecule has 0 aromatic rings. The van der Waals surface area contributed by atoms with Gasteiger partial charge in [-0.3, -0.25) is 0 Å². The third kappa shape index (κ3) is 9.09. The van der Waals surface area contributed by atoms with Gasteiger partial charge in [0, 0.05) is 5.54 Å². The lowest BCUT2D eigenvalue weighted by molar-refractivity contribution is -0.0535. The lowest BCUT2D eigenvalue weighted by atomic mass is 9.97. The zero-order valence-electron chi connectivity index (χ0n) is 11.2. The highest BCUT2D eigenvalue weighted by atomic mass is 16.5. The first-order valence-electron chi connectivity index (χ1n) is 5.81. The van der Waals surface area contributed by atoms with Crippen molar-refractivity contribution >= 4 is 0 Å². The van der Waals surface area contributed by atoms with Gasteiger partial charge in [0.2, 0.25) is 0 Å². The Labute approximate surface area is 99.1 Å². The highest BCUT2D eigenvalue weighted by Crippen LogP contribution is 2.11. The number of hydrogen-bond donors (Lipinski definition) is 2. The molecule has 0 aromatic carbocycles. The second kappa shape index (κ2) is 6.55. The highest BCUT2D eigenvalue weighted by Gasteiger charge is 2.21. The Bertz CT molecular complexity index is 187. The maximum Gasteiger partial charge on any atom is 0.0707 e. The van der Waals surface area contributed by atoms with Crippen molar-refractivity contribution in [2.24, 2.45) is 5.73 Å². The molecule has 0 heterocycles. The molecule has 0 saturated heterocycles. The minimum absolute atomic E-state index is 0.0286. The van der Waals surface area contributed by atoms with E-state index in [0.717, 1.165) is 0 Å². The first kappa shape index (κ1) is 15.8. The molecule has 98 valence electrons. The van der Waals surface area contributed by atoms with Gasteiger partial charge in [0.1, 0.15) is 0 Å². The van der Waals surface area contributed by atoms with Crippen LogP contribution in [0.25, 0.3) is 0 Å². The van der Waals surface area contributed by atoms with Gasteiger partial charge in [-0.1, -0.05) is 0 Å². The Morgan fingerprint density at radius 3 is 2.19 bits per heavy atom. The number of nitrogens with two attached hydrogens (primary N) is 1. The summed E-state index contributed by atoms with van der Waals surface area (Å²) in [6, 6.07) is 0. The van der Waals surface area contributed by atoms with Crippen molar-refractivity contribution in [2.45, 2.75) is 58.3 Å². The van der Waals surface area contributed by atoms with Crippen molar-refractivity contribution in [3.8, 4) is 0 Å². The predicted octanol–water partition coefficient (Wildman–Crippen LogP) is 1.31. The molecule has 0 aromatic heterocycles. The van der Waals surface area contributed by atoms with E-state index in [0.29, 0.717) is 19.6 Å². The van der Waals surface area contributed by atoms with Gasteiger partial charge in [0.25, 0.3) is 0 Å². The van der Waals surface area contributed by atoms with Crippen molar-refractivity contribution in [3.05, 3.63) is 0 Å². The van der Waals surface area contributed by atoms with Crippen LogP contribution in [-0.4, -0.2) is 42.2 Å². The van der Waals surface area contributed by atoms with Gasteiger partial charge in [-0.05, 0) is 41.0 Å². The van der Waals surface area contributed by atoms with Gasteiger partial charge in [0.15, 0.2) is 0 Å². The van der Waals surface area contributed by atoms with Gasteiger partial charge in [-0.15, -0.1) is 0 Å². The summed E-state index contributed by atoms with van der Waals surface area (Å²) in [6.45, 7) is 10.9. The minimum Gasteiger partial charge on any atom is -0.394 e. The molecule has 16 heavy (non-hydrogen) atoms. The largest absolute Gasteiger partial charge is 0.394 e. The van der Waals surface area contributed by atoms with Crippen molar-refractivity contribution in [1.29, 1.82) is 0 Å². The molecule has 0 aliphatic heterocycles. The summed E-state index contributed by atoms with van der Waals surface area (Å²) in [4.78, 5) is 0. The molecule has 0 saturated carbocycles. The van der Waals surface area contributed by atoms with Crippen LogP contribution in [0.3, 0.4) is 0 Å². The Hall–Kier alpha value is -0.160. The standard InChI is InChI=1S/C12H27NO3/c1-10(8-12(5,13)9-14)15-6-7-16-11(2,3)4/h10,14H,6-9,13H2,1-5H3. The van der Waals surface area contributed by atoms with Crippen LogP contribution in [0.1, 0.15) is 41.0 Å². The van der Waals surface area contributed by atoms with Crippen LogP contribution in [0.2, 0.25) is 0 Å². The quantitative estimate of drug-likeness (QED) is 0.651. The molecule has 0 aliphatic rings. The van der Waals surface area contributed by atoms with Gasteiger partial charge in [-0.25, -0.2) is 0 Å². The van der Waals surface area contributed by atoms with Crippen molar-refractivity contribution in [3.63, 3.8) is 0 Å². The fourth-order valence-electron chi connectivity index (χ4n) is 1.38. The van der Waals surface area contributed by atoms with E-state index in [9.17, 15) is 0 Å². The molecule has 4 heteroatoms. The van der Waals surface area contributed by atoms with E-state index in [-0.39, 0.29) is 18.3 Å². The van der Waals surface area contributed by atoms with Gasteiger partial charge in [-0.2, -0.15) is 0 Å². The number of aliphatic hydroxyl groups excluding tert-OH is 1. The molecule has 0 spiro atoms. The summed E-state index contributed by atoms with van der Waals surface area (Å²) in [5, 5.41) is 9.02. The summed E-state index contributed by atoms with van der Waals surface area (Å²) in [7, 11) is 0. The van der Waals surface area contributed by atoms with Gasteiger partial charge in [0.05, 0.1) is 31.5 Å². The molecule has 2 atom stereocenters. The molecule has 0 rings (SSSR count). The number of aliphatic hydroxyl groups is 1. The van der Waals surface area contributed by atoms with Crippen LogP contribution >= 0.6 is 0 Å². The van der Waals surface area contributed by atoms with Crippen LogP contribution < -0.4 is 5.73 Å². The first-order chi connectivity index (χ1) is 7.16. The topological polar surface area (TPSA) is 64.7 Å². The summed E-state index contributed by atoms with van der Waals surface area (Å²) in [5.74, 6) is 0. The Balaban J connectivity index is 3.63. The lowest BCUT2D eigenvalue weighted by Gasteiger charge is -2.26. The van der Waals surface area contributed by atoms with Gasteiger partial charge >= 0.3 is 0 Å². The molecule has 0 radical (unpaired) electrons. The first-order valence-corrected chi connectivity index (χ1v) is 5.81. The van der Waals surface area contributed by atoms with E-state index in [1.165, 1.54) is 0 Å². The summed E-state index contributed by atoms with van der Waals surface area (Å²) < 4.78 is 11.1. The zero-order chi connectivity index (χ0) is 12.8. The maximum atomic E-state index is 9.02. The number of rotatable bonds is 7. The van der Waals surface area contributed by atoms with E-state index >= 15 is 0 Å². The van der Waals surface area contributed by atoms with Crippen molar-refractivity contribution in [2.75, 3.05) is 19.8 Å². The lowest BCUT2D eigenvalue weighted by Crippen LogP contribution is -2.43. The second-order valence-corrected chi connectivity index (χ2v) is 5.66. The van der Waals surface area contributed by atoms with E-state index in [4.69, 9.17) is 20.3 Å². The Morgan fingerprint density at radius 1 is 1.19 bits per heavy atom. The van der Waals surface area contributed by atoms with E-state index in [1.807, 2.05) is 34.6 Å². The third-order valence-corrected chi connectivity index (χ3v) is 2.14. The van der Waals surface area contributed by atoms with E-state index in [1.54, 1.807) is 0 Å². The Kier molecular flexibility index (Phi) is 6.48. The van der Waals surface area contributed by atoms with E-state index in [2.05, 4.69) is 0 Å². The van der Waals surface area contributed by atoms with Crippen molar-refractivity contribution in [1.82, 2.24) is 0 Å².